The summed E-state index contributed by atoms with van der Waals surface area (Å²) in [5.74, 6) is 1.76. The molecule has 0 bridgehead atoms. The van der Waals surface area contributed by atoms with Crippen LogP contribution in [0.5, 0.6) is 23.0 Å². The average Bonchev–Trinajstić information content (AvgIpc) is 3.17. The number of unbranched alkanes of at least 4 members (excludes halogenated alkanes) is 9. The van der Waals surface area contributed by atoms with Crippen molar-refractivity contribution in [3.8, 4) is 23.0 Å². The molecule has 0 amide bonds. The third-order valence-corrected chi connectivity index (χ3v) is 9.19. The Morgan fingerprint density at radius 2 is 0.964 bits per heavy atom. The minimum absolute atomic E-state index is 0.119. The van der Waals surface area contributed by atoms with Crippen LogP contribution in [0.2, 0.25) is 0 Å². The van der Waals surface area contributed by atoms with E-state index in [9.17, 15) is 18.8 Å². The maximum atomic E-state index is 12.9. The number of Topliss-reactive ketones (excluding diaryl/α,β-unsaturated/α-hetero) is 1. The maximum absolute atomic E-state index is 12.9. The zero-order chi connectivity index (χ0) is 38.8. The Labute approximate surface area is 322 Å². The second-order valence-electron chi connectivity index (χ2n) is 14.0. The Kier molecular flexibility index (Phi) is 15.9. The Morgan fingerprint density at radius 3 is 1.51 bits per heavy atom. The molecule has 55 heavy (non-hydrogen) atoms. The molecule has 0 saturated carbocycles. The van der Waals surface area contributed by atoms with E-state index in [2.05, 4.69) is 6.92 Å². The molecule has 0 aromatic heterocycles. The number of ketones is 1. The third kappa shape index (κ3) is 14.0. The summed E-state index contributed by atoms with van der Waals surface area (Å²) in [5.41, 5.74) is 1.86. The second kappa shape index (κ2) is 21.4. The van der Waals surface area contributed by atoms with Gasteiger partial charge in [0, 0.05) is 12.8 Å². The molecule has 9 heteroatoms. The lowest BCUT2D eigenvalue weighted by atomic mass is 10.00. The normalized spacial score (nSPS) is 11.6. The van der Waals surface area contributed by atoms with E-state index < -0.39 is 25.1 Å². The topological polar surface area (TPSA) is 97.4 Å². The van der Waals surface area contributed by atoms with Crippen LogP contribution in [0, 0.1) is 0 Å². The van der Waals surface area contributed by atoms with Crippen molar-refractivity contribution in [3.05, 3.63) is 108 Å². The molecule has 8 nitrogen and oxygen atoms in total. The minimum Gasteiger partial charge on any atom is -0.494 e. The molecule has 0 heterocycles. The zero-order valence-corrected chi connectivity index (χ0v) is 31.9. The highest BCUT2D eigenvalue weighted by Crippen LogP contribution is 2.27. The van der Waals surface area contributed by atoms with E-state index >= 15 is 0 Å². The van der Waals surface area contributed by atoms with Crippen LogP contribution in [0.15, 0.2) is 97.1 Å². The number of fused-ring (bicyclic) bond motifs is 2. The van der Waals surface area contributed by atoms with Gasteiger partial charge >= 0.3 is 12.3 Å². The summed E-state index contributed by atoms with van der Waals surface area (Å²) in [5, 5.41) is 3.20. The molecule has 5 aromatic rings. The van der Waals surface area contributed by atoms with Crippen molar-refractivity contribution in [2.75, 3.05) is 13.2 Å². The summed E-state index contributed by atoms with van der Waals surface area (Å²) in [6.07, 6.45) is 10.4. The van der Waals surface area contributed by atoms with Crippen molar-refractivity contribution in [2.24, 2.45) is 0 Å². The molecule has 0 N–H and O–H groups in total. The number of rotatable bonds is 21. The predicted octanol–water partition coefficient (Wildman–Crippen LogP) is 12.1. The van der Waals surface area contributed by atoms with Gasteiger partial charge in [-0.3, -0.25) is 4.79 Å². The molecule has 0 spiro atoms. The first kappa shape index (κ1) is 40.7. The predicted molar refractivity (Wildman–Crippen MR) is 213 cm³/mol. The van der Waals surface area contributed by atoms with E-state index in [1.807, 2.05) is 48.5 Å². The zero-order valence-electron chi connectivity index (χ0n) is 31.9. The van der Waals surface area contributed by atoms with Gasteiger partial charge in [-0.2, -0.15) is 0 Å². The first-order valence-corrected chi connectivity index (χ1v) is 19.4. The molecule has 5 rings (SSSR count). The molecule has 0 radical (unpaired) electrons. The minimum atomic E-state index is -1.29. The summed E-state index contributed by atoms with van der Waals surface area (Å²) in [4.78, 5) is 37.3. The highest BCUT2D eigenvalue weighted by molar-refractivity contribution is 5.89. The fourth-order valence-electron chi connectivity index (χ4n) is 6.30. The molecule has 1 unspecified atom stereocenters. The largest absolute Gasteiger partial charge is 0.519 e. The van der Waals surface area contributed by atoms with Crippen LogP contribution in [0.4, 0.5) is 14.0 Å². The van der Waals surface area contributed by atoms with Gasteiger partial charge in [0.15, 0.2) is 0 Å². The van der Waals surface area contributed by atoms with Crippen LogP contribution in [0.3, 0.4) is 0 Å². The van der Waals surface area contributed by atoms with Crippen LogP contribution in [0.25, 0.3) is 21.5 Å². The van der Waals surface area contributed by atoms with Crippen LogP contribution in [-0.4, -0.2) is 37.5 Å². The molecular weight excluding hydrogens is 699 g/mol. The van der Waals surface area contributed by atoms with Crippen LogP contribution < -0.4 is 18.9 Å². The number of ether oxygens (including phenoxy) is 5. The molecule has 0 fully saturated rings. The molecule has 0 saturated heterocycles. The Hall–Kier alpha value is -5.44. The van der Waals surface area contributed by atoms with Crippen molar-refractivity contribution in [2.45, 2.75) is 97.1 Å². The molecule has 0 aliphatic heterocycles. The Bertz CT molecular complexity index is 2010. The van der Waals surface area contributed by atoms with Crippen LogP contribution in [-0.2, 0) is 22.4 Å². The van der Waals surface area contributed by atoms with Crippen molar-refractivity contribution < 1.29 is 42.5 Å². The van der Waals surface area contributed by atoms with Crippen molar-refractivity contribution in [1.82, 2.24) is 0 Å². The van der Waals surface area contributed by atoms with Crippen LogP contribution in [0.1, 0.15) is 89.2 Å². The quantitative estimate of drug-likeness (QED) is 0.0415. The van der Waals surface area contributed by atoms with E-state index in [1.165, 1.54) is 64.7 Å². The summed E-state index contributed by atoms with van der Waals surface area (Å²) in [7, 11) is 0. The van der Waals surface area contributed by atoms with E-state index in [4.69, 9.17) is 23.7 Å². The van der Waals surface area contributed by atoms with E-state index in [-0.39, 0.29) is 17.3 Å². The molecular formula is C46H51FO8. The number of hydrogen-bond acceptors (Lipinski definition) is 8. The maximum Gasteiger partial charge on any atom is 0.519 e. The molecule has 5 aromatic carbocycles. The highest BCUT2D eigenvalue weighted by atomic mass is 19.1. The summed E-state index contributed by atoms with van der Waals surface area (Å²) >= 11 is 0. The fraction of sp³-hybridized carbons (Fsp3) is 0.370. The lowest BCUT2D eigenvalue weighted by molar-refractivity contribution is -0.117. The standard InChI is InChI=1S/C46H51FO8/c1-3-4-5-6-7-8-9-10-11-12-25-51-41-20-14-34(15-21-41)27-40(48)28-35-13-16-37-29-43(22-17-36(37)26-35)54-46(50)55-44-24-19-38-30-42(23-18-39(38)31-44)53-45(49)52-32-33(2)47/h13-24,26,29-31,33H,3-12,25,27-28,32H2,1-2H3. The fourth-order valence-corrected chi connectivity index (χ4v) is 6.30. The molecule has 0 aliphatic rings. The van der Waals surface area contributed by atoms with E-state index in [1.54, 1.807) is 48.5 Å². The first-order chi connectivity index (χ1) is 26.7. The van der Waals surface area contributed by atoms with Gasteiger partial charge in [-0.25, -0.2) is 14.0 Å². The number of carbonyl (C=O) groups is 3. The van der Waals surface area contributed by atoms with E-state index in [0.717, 1.165) is 44.8 Å². The van der Waals surface area contributed by atoms with Crippen molar-refractivity contribution in [1.29, 1.82) is 0 Å². The Morgan fingerprint density at radius 1 is 0.527 bits per heavy atom. The van der Waals surface area contributed by atoms with Gasteiger partial charge < -0.3 is 23.7 Å². The number of hydrogen-bond donors (Lipinski definition) is 0. The number of halogens is 1. The summed E-state index contributed by atoms with van der Waals surface area (Å²) < 4.78 is 39.5. The Balaban J connectivity index is 1.03. The van der Waals surface area contributed by atoms with Crippen LogP contribution >= 0.6 is 0 Å². The summed E-state index contributed by atoms with van der Waals surface area (Å²) in [6, 6.07) is 28.6. The SMILES string of the molecule is CCCCCCCCCCCCOc1ccc(CC(=O)Cc2ccc3cc(OC(=O)Oc4ccc5cc(OC(=O)OCC(C)F)ccc5c4)ccc3c2)cc1. The van der Waals surface area contributed by atoms with E-state index in [0.29, 0.717) is 25.2 Å². The molecule has 1 atom stereocenters. The van der Waals surface area contributed by atoms with Gasteiger partial charge in [-0.1, -0.05) is 113 Å². The lowest BCUT2D eigenvalue weighted by Crippen LogP contribution is -2.15. The van der Waals surface area contributed by atoms with Gasteiger partial charge in [0.1, 0.15) is 41.6 Å². The smallest absolute Gasteiger partial charge is 0.494 e. The number of alkyl halides is 1. The van der Waals surface area contributed by atoms with Gasteiger partial charge in [0.25, 0.3) is 0 Å². The molecule has 0 aliphatic carbocycles. The third-order valence-electron chi connectivity index (χ3n) is 9.19. The number of benzene rings is 5. The average molecular weight is 751 g/mol. The second-order valence-corrected chi connectivity index (χ2v) is 14.0. The van der Waals surface area contributed by atoms with Gasteiger partial charge in [0.2, 0.25) is 0 Å². The molecule has 290 valence electrons. The van der Waals surface area contributed by atoms with Gasteiger partial charge in [0.05, 0.1) is 6.61 Å². The highest BCUT2D eigenvalue weighted by Gasteiger charge is 2.13. The monoisotopic (exact) mass is 750 g/mol. The first-order valence-electron chi connectivity index (χ1n) is 19.4. The van der Waals surface area contributed by atoms with Gasteiger partial charge in [-0.05, 0) is 94.5 Å². The summed E-state index contributed by atoms with van der Waals surface area (Å²) in [6.45, 7) is 3.86. The number of carbonyl (C=O) groups excluding carboxylic acids is 3. The van der Waals surface area contributed by atoms with Crippen molar-refractivity contribution >= 4 is 39.6 Å². The van der Waals surface area contributed by atoms with Gasteiger partial charge in [-0.15, -0.1) is 0 Å². The van der Waals surface area contributed by atoms with Crippen molar-refractivity contribution in [3.63, 3.8) is 0 Å². The lowest BCUT2D eigenvalue weighted by Gasteiger charge is -2.09.